The van der Waals surface area contributed by atoms with E-state index >= 15 is 0 Å². The Morgan fingerprint density at radius 1 is 1.07 bits per heavy atom. The molecule has 0 radical (unpaired) electrons. The molecule has 0 unspecified atom stereocenters. The lowest BCUT2D eigenvalue weighted by molar-refractivity contribution is 0.628. The minimum atomic E-state index is 0.610. The van der Waals surface area contributed by atoms with Crippen molar-refractivity contribution in [2.24, 2.45) is 0 Å². The Morgan fingerprint density at radius 3 is 2.60 bits per heavy atom. The fraction of sp³-hybridized carbons (Fsp3) is 0.462. The molecule has 0 aliphatic carbocycles. The topological polar surface area (TPSA) is 35.8 Å². The predicted octanol–water partition coefficient (Wildman–Crippen LogP) is 2.51. The van der Waals surface area contributed by atoms with E-state index in [9.17, 15) is 0 Å². The molecule has 0 aliphatic rings. The van der Waals surface area contributed by atoms with Gasteiger partial charge in [0, 0.05) is 13.0 Å². The van der Waals surface area contributed by atoms with Gasteiger partial charge < -0.3 is 5.32 Å². The normalized spacial score (nSPS) is 9.80. The van der Waals surface area contributed by atoms with Crippen molar-refractivity contribution in [2.45, 2.75) is 25.7 Å². The van der Waals surface area contributed by atoms with Crippen molar-refractivity contribution in [3.8, 4) is 6.07 Å². The highest BCUT2D eigenvalue weighted by Crippen LogP contribution is 2.03. The predicted molar refractivity (Wildman–Crippen MR) is 62.5 cm³/mol. The molecule has 1 aromatic carbocycles. The maximum atomic E-state index is 8.33. The molecule has 2 nitrogen and oxygen atoms in total. The summed E-state index contributed by atoms with van der Waals surface area (Å²) >= 11 is 0. The number of nitrogens with one attached hydrogen (secondary N) is 1. The second-order valence-electron chi connectivity index (χ2n) is 3.60. The zero-order valence-electron chi connectivity index (χ0n) is 9.08. The molecular weight excluding hydrogens is 184 g/mol. The van der Waals surface area contributed by atoms with Gasteiger partial charge in [-0.05, 0) is 31.4 Å². The summed E-state index contributed by atoms with van der Waals surface area (Å²) in [5, 5.41) is 11.6. The SMILES string of the molecule is N#CCCNCCCCc1ccccc1. The van der Waals surface area contributed by atoms with Crippen LogP contribution >= 0.6 is 0 Å². The van der Waals surface area contributed by atoms with Crippen LogP contribution in [0.2, 0.25) is 0 Å². The van der Waals surface area contributed by atoms with Crippen LogP contribution in [0.25, 0.3) is 0 Å². The number of nitriles is 1. The number of nitrogens with zero attached hydrogens (tertiary/aromatic N) is 1. The highest BCUT2D eigenvalue weighted by molar-refractivity contribution is 5.14. The quantitative estimate of drug-likeness (QED) is 0.690. The highest BCUT2D eigenvalue weighted by Gasteiger charge is 1.92. The van der Waals surface area contributed by atoms with Crippen molar-refractivity contribution in [1.29, 1.82) is 5.26 Å². The average molecular weight is 202 g/mol. The lowest BCUT2D eigenvalue weighted by Crippen LogP contribution is -2.16. The molecule has 0 atom stereocenters. The number of hydrogen-bond acceptors (Lipinski definition) is 2. The van der Waals surface area contributed by atoms with E-state index in [-0.39, 0.29) is 0 Å². The van der Waals surface area contributed by atoms with Crippen LogP contribution in [0.15, 0.2) is 30.3 Å². The van der Waals surface area contributed by atoms with Gasteiger partial charge in [0.2, 0.25) is 0 Å². The molecule has 1 rings (SSSR count). The second-order valence-corrected chi connectivity index (χ2v) is 3.60. The lowest BCUT2D eigenvalue weighted by atomic mass is 10.1. The van der Waals surface area contributed by atoms with Gasteiger partial charge in [-0.1, -0.05) is 30.3 Å². The molecular formula is C13H18N2. The molecule has 0 amide bonds. The number of rotatable bonds is 7. The van der Waals surface area contributed by atoms with Crippen LogP contribution < -0.4 is 5.32 Å². The van der Waals surface area contributed by atoms with E-state index in [0.29, 0.717) is 6.42 Å². The summed E-state index contributed by atoms with van der Waals surface area (Å²) in [5.41, 5.74) is 1.41. The number of benzene rings is 1. The van der Waals surface area contributed by atoms with Crippen LogP contribution in [0.4, 0.5) is 0 Å². The fourth-order valence-electron chi connectivity index (χ4n) is 1.49. The van der Waals surface area contributed by atoms with E-state index < -0.39 is 0 Å². The fourth-order valence-corrected chi connectivity index (χ4v) is 1.49. The molecule has 0 saturated heterocycles. The molecule has 0 aliphatic heterocycles. The first-order valence-electron chi connectivity index (χ1n) is 5.55. The standard InChI is InChI=1S/C13H18N2/c14-10-6-12-15-11-5-4-9-13-7-2-1-3-8-13/h1-3,7-8,15H,4-6,9,11-12H2. The minimum absolute atomic E-state index is 0.610. The van der Waals surface area contributed by atoms with E-state index in [1.165, 1.54) is 18.4 Å². The third-order valence-electron chi connectivity index (χ3n) is 2.33. The first-order chi connectivity index (χ1) is 7.43. The summed E-state index contributed by atoms with van der Waals surface area (Å²) in [6, 6.07) is 12.7. The third kappa shape index (κ3) is 5.87. The van der Waals surface area contributed by atoms with E-state index in [0.717, 1.165) is 19.5 Å². The summed E-state index contributed by atoms with van der Waals surface area (Å²) < 4.78 is 0. The monoisotopic (exact) mass is 202 g/mol. The van der Waals surface area contributed by atoms with Crippen molar-refractivity contribution in [3.63, 3.8) is 0 Å². The maximum absolute atomic E-state index is 8.33. The molecule has 80 valence electrons. The van der Waals surface area contributed by atoms with Crippen LogP contribution in [0.3, 0.4) is 0 Å². The second kappa shape index (κ2) is 8.02. The molecule has 0 fully saturated rings. The van der Waals surface area contributed by atoms with E-state index in [1.807, 2.05) is 6.07 Å². The van der Waals surface area contributed by atoms with Crippen molar-refractivity contribution >= 4 is 0 Å². The van der Waals surface area contributed by atoms with Gasteiger partial charge in [-0.2, -0.15) is 5.26 Å². The van der Waals surface area contributed by atoms with Gasteiger partial charge in [-0.25, -0.2) is 0 Å². The smallest absolute Gasteiger partial charge is 0.0635 e. The Kier molecular flexibility index (Phi) is 6.28. The molecule has 1 N–H and O–H groups in total. The third-order valence-corrected chi connectivity index (χ3v) is 2.33. The van der Waals surface area contributed by atoms with Gasteiger partial charge in [0.05, 0.1) is 6.07 Å². The summed E-state index contributed by atoms with van der Waals surface area (Å²) in [4.78, 5) is 0. The summed E-state index contributed by atoms with van der Waals surface area (Å²) in [5.74, 6) is 0. The number of unbranched alkanes of at least 4 members (excludes halogenated alkanes) is 1. The van der Waals surface area contributed by atoms with Crippen LogP contribution in [0, 0.1) is 11.3 Å². The van der Waals surface area contributed by atoms with Crippen molar-refractivity contribution in [2.75, 3.05) is 13.1 Å². The van der Waals surface area contributed by atoms with Gasteiger partial charge in [-0.15, -0.1) is 0 Å². The van der Waals surface area contributed by atoms with Crippen molar-refractivity contribution in [3.05, 3.63) is 35.9 Å². The number of hydrogen-bond donors (Lipinski definition) is 1. The number of aryl methyl sites for hydroxylation is 1. The van der Waals surface area contributed by atoms with Gasteiger partial charge in [-0.3, -0.25) is 0 Å². The Labute approximate surface area is 91.9 Å². The van der Waals surface area contributed by atoms with Gasteiger partial charge in [0.1, 0.15) is 0 Å². The van der Waals surface area contributed by atoms with E-state index in [4.69, 9.17) is 5.26 Å². The lowest BCUT2D eigenvalue weighted by Gasteiger charge is -2.02. The van der Waals surface area contributed by atoms with E-state index in [1.54, 1.807) is 0 Å². The maximum Gasteiger partial charge on any atom is 0.0635 e. The van der Waals surface area contributed by atoms with Crippen LogP contribution in [0.5, 0.6) is 0 Å². The Hall–Kier alpha value is -1.33. The van der Waals surface area contributed by atoms with Gasteiger partial charge in [0.15, 0.2) is 0 Å². The van der Waals surface area contributed by atoms with Crippen molar-refractivity contribution in [1.82, 2.24) is 5.32 Å². The molecule has 0 spiro atoms. The van der Waals surface area contributed by atoms with Crippen LogP contribution in [0.1, 0.15) is 24.8 Å². The molecule has 0 saturated carbocycles. The molecule has 1 aromatic rings. The molecule has 0 aromatic heterocycles. The van der Waals surface area contributed by atoms with Gasteiger partial charge >= 0.3 is 0 Å². The largest absolute Gasteiger partial charge is 0.316 e. The van der Waals surface area contributed by atoms with Crippen LogP contribution in [-0.2, 0) is 6.42 Å². The molecule has 2 heteroatoms. The Balaban J connectivity index is 1.96. The summed E-state index contributed by atoms with van der Waals surface area (Å²) in [6.07, 6.45) is 4.16. The van der Waals surface area contributed by atoms with Gasteiger partial charge in [0.25, 0.3) is 0 Å². The first kappa shape index (κ1) is 11.7. The highest BCUT2D eigenvalue weighted by atomic mass is 14.8. The molecule has 15 heavy (non-hydrogen) atoms. The zero-order chi connectivity index (χ0) is 10.8. The van der Waals surface area contributed by atoms with Crippen molar-refractivity contribution < 1.29 is 0 Å². The van der Waals surface area contributed by atoms with E-state index in [2.05, 4.69) is 35.7 Å². The summed E-state index contributed by atoms with van der Waals surface area (Å²) in [7, 11) is 0. The molecule has 0 heterocycles. The zero-order valence-corrected chi connectivity index (χ0v) is 9.08. The first-order valence-corrected chi connectivity index (χ1v) is 5.55. The average Bonchev–Trinajstić information content (AvgIpc) is 2.29. The minimum Gasteiger partial charge on any atom is -0.316 e. The van der Waals surface area contributed by atoms with Crippen LogP contribution in [-0.4, -0.2) is 13.1 Å². The summed E-state index contributed by atoms with van der Waals surface area (Å²) in [6.45, 7) is 1.84. The molecule has 0 bridgehead atoms. The Morgan fingerprint density at radius 2 is 1.87 bits per heavy atom. The Bertz CT molecular complexity index is 287.